The van der Waals surface area contributed by atoms with Gasteiger partial charge in [0.15, 0.2) is 0 Å². The van der Waals surface area contributed by atoms with Crippen molar-refractivity contribution in [2.24, 2.45) is 0 Å². The molecule has 2 heteroatoms. The summed E-state index contributed by atoms with van der Waals surface area (Å²) in [6.45, 7) is 3.98. The molecule has 7 heavy (non-hydrogen) atoms. The Labute approximate surface area is 44.1 Å². The van der Waals surface area contributed by atoms with Crippen LogP contribution in [-0.2, 0) is 4.74 Å². The molecule has 2 unspecified atom stereocenters. The highest BCUT2D eigenvalue weighted by atomic mass is 16.5. The maximum atomic E-state index is 5.19. The van der Waals surface area contributed by atoms with Gasteiger partial charge in [-0.1, -0.05) is 0 Å². The highest BCUT2D eigenvalue weighted by molar-refractivity contribution is 4.75. The van der Waals surface area contributed by atoms with Crippen molar-refractivity contribution in [3.8, 4) is 0 Å². The number of ether oxygens (including phenoxy) is 1. The third-order valence-electron chi connectivity index (χ3n) is 1.16. The van der Waals surface area contributed by atoms with E-state index in [2.05, 4.69) is 11.9 Å². The van der Waals surface area contributed by atoms with Crippen molar-refractivity contribution in [2.75, 3.05) is 20.2 Å². The van der Waals surface area contributed by atoms with E-state index in [1.54, 1.807) is 0 Å². The fraction of sp³-hybridized carbons (Fsp3) is 1.00. The van der Waals surface area contributed by atoms with Crippen LogP contribution in [0, 0.1) is 0 Å². The van der Waals surface area contributed by atoms with Gasteiger partial charge in [0, 0.05) is 13.2 Å². The second-order valence-corrected chi connectivity index (χ2v) is 1.85. The zero-order chi connectivity index (χ0) is 5.28. The standard InChI is InChI=1S/C5H11NO/c1-3-7-5-4-6(5)2/h5H,3-4H2,1-2H3. The number of hydrogen-bond acceptors (Lipinski definition) is 2. The molecule has 0 amide bonds. The third kappa shape index (κ3) is 1.14. The topological polar surface area (TPSA) is 12.2 Å². The van der Waals surface area contributed by atoms with E-state index in [9.17, 15) is 0 Å². The molecule has 0 spiro atoms. The van der Waals surface area contributed by atoms with Crippen molar-refractivity contribution in [1.82, 2.24) is 4.90 Å². The zero-order valence-corrected chi connectivity index (χ0v) is 4.85. The number of rotatable bonds is 2. The minimum atomic E-state index is 0.449. The molecule has 0 bridgehead atoms. The van der Waals surface area contributed by atoms with Crippen molar-refractivity contribution >= 4 is 0 Å². The number of hydrogen-bond donors (Lipinski definition) is 0. The minimum Gasteiger partial charge on any atom is -0.362 e. The largest absolute Gasteiger partial charge is 0.362 e. The van der Waals surface area contributed by atoms with E-state index in [-0.39, 0.29) is 0 Å². The molecule has 1 aliphatic heterocycles. The summed E-state index contributed by atoms with van der Waals surface area (Å²) < 4.78 is 5.19. The van der Waals surface area contributed by atoms with Gasteiger partial charge in [-0.05, 0) is 14.0 Å². The third-order valence-corrected chi connectivity index (χ3v) is 1.16. The second-order valence-electron chi connectivity index (χ2n) is 1.85. The van der Waals surface area contributed by atoms with Crippen LogP contribution in [0.4, 0.5) is 0 Å². The molecule has 1 aliphatic rings. The Bertz CT molecular complexity index is 65.1. The fourth-order valence-corrected chi connectivity index (χ4v) is 0.572. The lowest BCUT2D eigenvalue weighted by molar-refractivity contribution is 0.101. The molecule has 0 aliphatic carbocycles. The van der Waals surface area contributed by atoms with E-state index in [4.69, 9.17) is 4.74 Å². The Morgan fingerprint density at radius 2 is 2.43 bits per heavy atom. The predicted octanol–water partition coefficient (Wildman–Crippen LogP) is 0.294. The Kier molecular flexibility index (Phi) is 1.30. The van der Waals surface area contributed by atoms with E-state index in [1.807, 2.05) is 6.92 Å². The zero-order valence-electron chi connectivity index (χ0n) is 4.85. The first-order valence-corrected chi connectivity index (χ1v) is 2.66. The van der Waals surface area contributed by atoms with Crippen LogP contribution in [0.15, 0.2) is 0 Å². The average Bonchev–Trinajstić information content (AvgIpc) is 2.22. The van der Waals surface area contributed by atoms with Gasteiger partial charge < -0.3 is 4.74 Å². The van der Waals surface area contributed by atoms with Crippen molar-refractivity contribution < 1.29 is 4.74 Å². The van der Waals surface area contributed by atoms with Crippen LogP contribution in [0.5, 0.6) is 0 Å². The molecular weight excluding hydrogens is 90.1 g/mol. The fourth-order valence-electron chi connectivity index (χ4n) is 0.572. The summed E-state index contributed by atoms with van der Waals surface area (Å²) in [5.41, 5.74) is 0. The Balaban J connectivity index is 1.98. The van der Waals surface area contributed by atoms with Crippen LogP contribution < -0.4 is 0 Å². The summed E-state index contributed by atoms with van der Waals surface area (Å²) in [5.74, 6) is 0. The molecule has 0 radical (unpaired) electrons. The molecular formula is C5H11NO. The van der Waals surface area contributed by atoms with Gasteiger partial charge in [0.2, 0.25) is 0 Å². The molecule has 0 N–H and O–H groups in total. The molecule has 2 atom stereocenters. The molecule has 0 aromatic heterocycles. The molecule has 0 aromatic carbocycles. The lowest BCUT2D eigenvalue weighted by atomic mass is 10.8. The van der Waals surface area contributed by atoms with Crippen LogP contribution in [-0.4, -0.2) is 31.3 Å². The van der Waals surface area contributed by atoms with Crippen LogP contribution >= 0.6 is 0 Å². The predicted molar refractivity (Wildman–Crippen MR) is 28.0 cm³/mol. The lowest BCUT2D eigenvalue weighted by Crippen LogP contribution is -1.98. The molecule has 1 fully saturated rings. The van der Waals surface area contributed by atoms with E-state index >= 15 is 0 Å². The van der Waals surface area contributed by atoms with Crippen LogP contribution in [0.1, 0.15) is 6.92 Å². The summed E-state index contributed by atoms with van der Waals surface area (Å²) in [4.78, 5) is 2.16. The van der Waals surface area contributed by atoms with Crippen molar-refractivity contribution in [1.29, 1.82) is 0 Å². The van der Waals surface area contributed by atoms with Crippen molar-refractivity contribution in [2.45, 2.75) is 13.2 Å². The second kappa shape index (κ2) is 1.80. The Hall–Kier alpha value is -0.0800. The van der Waals surface area contributed by atoms with Gasteiger partial charge >= 0.3 is 0 Å². The average molecular weight is 101 g/mol. The van der Waals surface area contributed by atoms with Crippen LogP contribution in [0.3, 0.4) is 0 Å². The first-order chi connectivity index (χ1) is 3.34. The molecule has 1 rings (SSSR count). The number of nitrogens with zero attached hydrogens (tertiary/aromatic N) is 1. The molecule has 42 valence electrons. The molecule has 2 nitrogen and oxygen atoms in total. The minimum absolute atomic E-state index is 0.449. The van der Waals surface area contributed by atoms with Crippen LogP contribution in [0.2, 0.25) is 0 Å². The monoisotopic (exact) mass is 101 g/mol. The van der Waals surface area contributed by atoms with Crippen molar-refractivity contribution in [3.05, 3.63) is 0 Å². The highest BCUT2D eigenvalue weighted by Crippen LogP contribution is 2.13. The lowest BCUT2D eigenvalue weighted by Gasteiger charge is -1.92. The van der Waals surface area contributed by atoms with E-state index in [1.165, 1.54) is 0 Å². The summed E-state index contributed by atoms with van der Waals surface area (Å²) in [6.07, 6.45) is 0.449. The summed E-state index contributed by atoms with van der Waals surface area (Å²) in [5, 5.41) is 0. The van der Waals surface area contributed by atoms with E-state index < -0.39 is 0 Å². The molecule has 1 heterocycles. The van der Waals surface area contributed by atoms with Gasteiger partial charge in [0.1, 0.15) is 6.23 Å². The summed E-state index contributed by atoms with van der Waals surface area (Å²) in [6, 6.07) is 0. The SMILES string of the molecule is CCOC1CN1C. The Morgan fingerprint density at radius 1 is 1.86 bits per heavy atom. The van der Waals surface area contributed by atoms with E-state index in [0.717, 1.165) is 13.2 Å². The van der Waals surface area contributed by atoms with Gasteiger partial charge in [-0.3, -0.25) is 4.90 Å². The van der Waals surface area contributed by atoms with E-state index in [0.29, 0.717) is 6.23 Å². The van der Waals surface area contributed by atoms with Gasteiger partial charge in [-0.15, -0.1) is 0 Å². The smallest absolute Gasteiger partial charge is 0.123 e. The van der Waals surface area contributed by atoms with Gasteiger partial charge in [0.05, 0.1) is 0 Å². The quantitative estimate of drug-likeness (QED) is 0.463. The first-order valence-electron chi connectivity index (χ1n) is 2.66. The molecule has 1 saturated heterocycles. The van der Waals surface area contributed by atoms with Gasteiger partial charge in [-0.25, -0.2) is 0 Å². The molecule has 0 aromatic rings. The summed E-state index contributed by atoms with van der Waals surface area (Å²) in [7, 11) is 2.06. The maximum absolute atomic E-state index is 5.19. The first kappa shape index (κ1) is 5.06. The maximum Gasteiger partial charge on any atom is 0.123 e. The normalized spacial score (nSPS) is 38.6. The summed E-state index contributed by atoms with van der Waals surface area (Å²) >= 11 is 0. The van der Waals surface area contributed by atoms with Crippen LogP contribution in [0.25, 0.3) is 0 Å². The highest BCUT2D eigenvalue weighted by Gasteiger charge is 2.29. The van der Waals surface area contributed by atoms with Gasteiger partial charge in [-0.2, -0.15) is 0 Å². The Morgan fingerprint density at radius 3 is 2.57 bits per heavy atom. The van der Waals surface area contributed by atoms with Gasteiger partial charge in [0.25, 0.3) is 0 Å². The molecule has 0 saturated carbocycles. The van der Waals surface area contributed by atoms with Crippen molar-refractivity contribution in [3.63, 3.8) is 0 Å². The number of likely N-dealkylation sites (N-methyl/N-ethyl adjacent to an activating group) is 1.